The maximum atomic E-state index is 12.6. The van der Waals surface area contributed by atoms with Crippen LogP contribution < -0.4 is 5.32 Å². The summed E-state index contributed by atoms with van der Waals surface area (Å²) in [5, 5.41) is 2.82. The van der Waals surface area contributed by atoms with Crippen molar-refractivity contribution in [1.82, 2.24) is 5.32 Å². The largest absolute Gasteiger partial charge is 0.472 e. The molecule has 9 nitrogen and oxygen atoms in total. The van der Waals surface area contributed by atoms with Crippen LogP contribution in [0.5, 0.6) is 0 Å². The normalized spacial score (nSPS) is 13.7. The number of ether oxygens (including phenoxy) is 2. The smallest absolute Gasteiger partial charge is 0.462 e. The third kappa shape index (κ3) is 38.0. The average Bonchev–Trinajstić information content (AvgIpc) is 3.12. The molecule has 2 atom stereocenters. The highest BCUT2D eigenvalue weighted by atomic mass is 31.2. The lowest BCUT2D eigenvalue weighted by atomic mass is 10.1. The van der Waals surface area contributed by atoms with Crippen LogP contribution >= 0.6 is 7.82 Å². The number of hydrogen-bond acceptors (Lipinski definition) is 8. The number of carbonyl (C=O) groups excluding carboxylic acids is 2. The fraction of sp³-hybridized carbons (Fsp3) is 0.810. The Labute approximate surface area is 318 Å². The number of phosphoric ester groups is 1. The number of unbranched alkanes of at least 4 members (excludes halogenated alkanes) is 19. The fourth-order valence-electron chi connectivity index (χ4n) is 5.52. The monoisotopic (exact) mass is 756 g/mol. The average molecular weight is 756 g/mol. The van der Waals surface area contributed by atoms with Crippen LogP contribution in [0.15, 0.2) is 36.5 Å². The summed E-state index contributed by atoms with van der Waals surface area (Å²) in [5.41, 5.74) is 0. The second-order valence-corrected chi connectivity index (χ2v) is 15.3. The highest BCUT2D eigenvalue weighted by molar-refractivity contribution is 7.47. The lowest BCUT2D eigenvalue weighted by molar-refractivity contribution is -0.161. The van der Waals surface area contributed by atoms with E-state index in [0.29, 0.717) is 13.0 Å². The van der Waals surface area contributed by atoms with E-state index >= 15 is 0 Å². The Bertz CT molecular complexity index is 954. The van der Waals surface area contributed by atoms with Gasteiger partial charge in [-0.2, -0.15) is 0 Å². The molecule has 0 amide bonds. The minimum absolute atomic E-state index is 0.0203. The van der Waals surface area contributed by atoms with Gasteiger partial charge in [0.1, 0.15) is 6.61 Å². The molecule has 304 valence electrons. The zero-order valence-electron chi connectivity index (χ0n) is 33.5. The molecule has 52 heavy (non-hydrogen) atoms. The van der Waals surface area contributed by atoms with E-state index in [2.05, 4.69) is 55.6 Å². The van der Waals surface area contributed by atoms with Crippen LogP contribution in [0.4, 0.5) is 0 Å². The minimum atomic E-state index is -4.35. The summed E-state index contributed by atoms with van der Waals surface area (Å²) in [6, 6.07) is 0. The molecule has 0 aliphatic carbocycles. The van der Waals surface area contributed by atoms with E-state index in [-0.39, 0.29) is 32.0 Å². The molecule has 0 aromatic carbocycles. The van der Waals surface area contributed by atoms with Crippen molar-refractivity contribution in [1.29, 1.82) is 0 Å². The van der Waals surface area contributed by atoms with Crippen LogP contribution in [0, 0.1) is 0 Å². The highest BCUT2D eigenvalue weighted by Crippen LogP contribution is 2.43. The van der Waals surface area contributed by atoms with Crippen LogP contribution in [0.1, 0.15) is 181 Å². The van der Waals surface area contributed by atoms with Gasteiger partial charge in [-0.1, -0.05) is 134 Å². The van der Waals surface area contributed by atoms with Gasteiger partial charge in [0.05, 0.1) is 13.2 Å². The molecule has 0 aromatic rings. The Morgan fingerprint density at radius 2 is 1.04 bits per heavy atom. The molecule has 0 aliphatic rings. The molecule has 0 saturated carbocycles. The predicted octanol–water partition coefficient (Wildman–Crippen LogP) is 11.6. The molecule has 2 unspecified atom stereocenters. The number of carbonyl (C=O) groups is 2. The van der Waals surface area contributed by atoms with Gasteiger partial charge >= 0.3 is 19.8 Å². The van der Waals surface area contributed by atoms with Crippen LogP contribution in [-0.2, 0) is 32.7 Å². The van der Waals surface area contributed by atoms with Crippen molar-refractivity contribution in [3.05, 3.63) is 36.5 Å². The van der Waals surface area contributed by atoms with Crippen molar-refractivity contribution < 1.29 is 37.6 Å². The molecule has 2 N–H and O–H groups in total. The lowest BCUT2D eigenvalue weighted by Gasteiger charge is -2.20. The standard InChI is InChI=1S/C42H78NO8P/c1-4-6-8-10-12-14-16-18-20-22-24-26-28-30-32-34-41(44)48-38-40(39-50-52(46,47)49-37-36-43-3)51-42(45)35-33-31-29-27-25-23-21-19-17-15-13-11-9-7-5-2/h12,14-15,17-18,20,40,43H,4-11,13,16,19,21-39H2,1-3H3,(H,46,47)/b14-12-,17-15-,20-18-. The molecule has 0 saturated heterocycles. The van der Waals surface area contributed by atoms with Gasteiger partial charge in [0.25, 0.3) is 0 Å². The van der Waals surface area contributed by atoms with E-state index in [9.17, 15) is 19.0 Å². The Hall–Kier alpha value is -1.77. The molecule has 0 aliphatic heterocycles. The van der Waals surface area contributed by atoms with Gasteiger partial charge in [0.15, 0.2) is 6.10 Å². The number of hydrogen-bond donors (Lipinski definition) is 2. The summed E-state index contributed by atoms with van der Waals surface area (Å²) >= 11 is 0. The Morgan fingerprint density at radius 1 is 0.596 bits per heavy atom. The quantitative estimate of drug-likeness (QED) is 0.0273. The van der Waals surface area contributed by atoms with Crippen molar-refractivity contribution >= 4 is 19.8 Å². The third-order valence-electron chi connectivity index (χ3n) is 8.73. The Kier molecular flexibility index (Phi) is 37.6. The van der Waals surface area contributed by atoms with Gasteiger partial charge in [0, 0.05) is 19.4 Å². The molecule has 0 heterocycles. The summed E-state index contributed by atoms with van der Waals surface area (Å²) in [6.45, 7) is 4.16. The zero-order chi connectivity index (χ0) is 38.2. The Balaban J connectivity index is 4.27. The summed E-state index contributed by atoms with van der Waals surface area (Å²) < 4.78 is 33.1. The van der Waals surface area contributed by atoms with E-state index in [4.69, 9.17) is 18.5 Å². The molecular weight excluding hydrogens is 677 g/mol. The van der Waals surface area contributed by atoms with Gasteiger partial charge in [0.2, 0.25) is 0 Å². The van der Waals surface area contributed by atoms with E-state index in [1.165, 1.54) is 77.0 Å². The number of nitrogens with one attached hydrogen (secondary N) is 1. The number of likely N-dealkylation sites (N-methyl/N-ethyl adjacent to an activating group) is 1. The van der Waals surface area contributed by atoms with Gasteiger partial charge in [-0.25, -0.2) is 4.57 Å². The molecule has 0 bridgehead atoms. The van der Waals surface area contributed by atoms with Crippen molar-refractivity contribution in [2.24, 2.45) is 0 Å². The fourth-order valence-corrected chi connectivity index (χ4v) is 6.27. The second kappa shape index (κ2) is 38.9. The first-order chi connectivity index (χ1) is 25.3. The van der Waals surface area contributed by atoms with Crippen LogP contribution in [0.3, 0.4) is 0 Å². The first kappa shape index (κ1) is 50.2. The number of phosphoric acid groups is 1. The minimum Gasteiger partial charge on any atom is -0.462 e. The number of allylic oxidation sites excluding steroid dienone is 6. The number of esters is 2. The van der Waals surface area contributed by atoms with Crippen molar-refractivity contribution in [3.8, 4) is 0 Å². The van der Waals surface area contributed by atoms with E-state index in [0.717, 1.165) is 70.6 Å². The maximum Gasteiger partial charge on any atom is 0.472 e. The molecule has 10 heteroatoms. The van der Waals surface area contributed by atoms with Gasteiger partial charge in [-0.05, 0) is 77.7 Å². The van der Waals surface area contributed by atoms with E-state index < -0.39 is 26.5 Å². The van der Waals surface area contributed by atoms with Crippen LogP contribution in [-0.4, -0.2) is 56.3 Å². The molecule has 0 radical (unpaired) electrons. The number of rotatable bonds is 39. The predicted molar refractivity (Wildman–Crippen MR) is 215 cm³/mol. The zero-order valence-corrected chi connectivity index (χ0v) is 34.4. The van der Waals surface area contributed by atoms with Crippen LogP contribution in [0.2, 0.25) is 0 Å². The first-order valence-corrected chi connectivity index (χ1v) is 22.4. The summed E-state index contributed by atoms with van der Waals surface area (Å²) in [5.74, 6) is -0.827. The Morgan fingerprint density at radius 3 is 1.58 bits per heavy atom. The molecule has 0 fully saturated rings. The molecule has 0 spiro atoms. The maximum absolute atomic E-state index is 12.6. The van der Waals surface area contributed by atoms with Crippen molar-refractivity contribution in [2.75, 3.05) is 33.4 Å². The van der Waals surface area contributed by atoms with Gasteiger partial charge in [-0.15, -0.1) is 0 Å². The summed E-state index contributed by atoms with van der Waals surface area (Å²) in [6.07, 6.45) is 40.4. The molecule has 0 aromatic heterocycles. The summed E-state index contributed by atoms with van der Waals surface area (Å²) in [4.78, 5) is 35.0. The first-order valence-electron chi connectivity index (χ1n) is 20.9. The van der Waals surface area contributed by atoms with Crippen molar-refractivity contribution in [2.45, 2.75) is 187 Å². The molecule has 0 rings (SSSR count). The SMILES string of the molecule is CCCCC/C=C\C/C=C\CCCCCCCC(=O)OCC(COP(=O)(O)OCCNC)OC(=O)CCCCCCCCC/C=C\CCCCCC. The summed E-state index contributed by atoms with van der Waals surface area (Å²) in [7, 11) is -2.65. The van der Waals surface area contributed by atoms with E-state index in [1.807, 2.05) is 0 Å². The lowest BCUT2D eigenvalue weighted by Crippen LogP contribution is -2.29. The highest BCUT2D eigenvalue weighted by Gasteiger charge is 2.26. The topological polar surface area (TPSA) is 120 Å². The second-order valence-electron chi connectivity index (χ2n) is 13.8. The van der Waals surface area contributed by atoms with E-state index in [1.54, 1.807) is 7.05 Å². The third-order valence-corrected chi connectivity index (χ3v) is 9.72. The molecular formula is C42H78NO8P. The van der Waals surface area contributed by atoms with Crippen LogP contribution in [0.25, 0.3) is 0 Å². The van der Waals surface area contributed by atoms with Gasteiger partial charge in [-0.3, -0.25) is 18.6 Å². The van der Waals surface area contributed by atoms with Gasteiger partial charge < -0.3 is 19.7 Å². The van der Waals surface area contributed by atoms with Crippen molar-refractivity contribution in [3.63, 3.8) is 0 Å².